The molecule has 0 aliphatic rings. The second-order valence-corrected chi connectivity index (χ2v) is 5.61. The molecule has 0 N–H and O–H groups in total. The number of carbonyl (C=O) groups is 2. The molecule has 0 fully saturated rings. The lowest BCUT2D eigenvalue weighted by Gasteiger charge is -2.07. The third-order valence-corrected chi connectivity index (χ3v) is 3.58. The monoisotopic (exact) mass is 364 g/mol. The molecule has 0 saturated carbocycles. The highest BCUT2D eigenvalue weighted by atomic mass is 16.6. The lowest BCUT2D eigenvalue weighted by molar-refractivity contribution is 0.0409. The Morgan fingerprint density at radius 2 is 1.11 bits per heavy atom. The van der Waals surface area contributed by atoms with Gasteiger partial charge in [-0.15, -0.1) is 0 Å². The fourth-order valence-electron chi connectivity index (χ4n) is 2.32. The van der Waals surface area contributed by atoms with Gasteiger partial charge in [0.25, 0.3) is 0 Å². The molecule has 3 aromatic rings. The molecule has 2 aromatic carbocycles. The molecule has 136 valence electrons. The van der Waals surface area contributed by atoms with E-state index in [4.69, 9.17) is 13.9 Å². The van der Waals surface area contributed by atoms with Crippen molar-refractivity contribution in [1.29, 1.82) is 0 Å². The molecule has 0 saturated heterocycles. The number of benzene rings is 2. The molecule has 1 heterocycles. The van der Waals surface area contributed by atoms with Crippen molar-refractivity contribution in [2.75, 3.05) is 0 Å². The van der Waals surface area contributed by atoms with Gasteiger partial charge in [-0.1, -0.05) is 36.4 Å². The van der Waals surface area contributed by atoms with Gasteiger partial charge in [0.1, 0.15) is 24.7 Å². The fourth-order valence-corrected chi connectivity index (χ4v) is 2.32. The predicted molar refractivity (Wildman–Crippen MR) is 96.1 cm³/mol. The van der Waals surface area contributed by atoms with Crippen LogP contribution in [0.2, 0.25) is 0 Å². The smallest absolute Gasteiger partial charge is 0.338 e. The molecular weight excluding hydrogens is 348 g/mol. The summed E-state index contributed by atoms with van der Waals surface area (Å²) in [4.78, 5) is 35.7. The van der Waals surface area contributed by atoms with E-state index in [2.05, 4.69) is 0 Å². The molecule has 0 atom stereocenters. The van der Waals surface area contributed by atoms with Crippen molar-refractivity contribution >= 4 is 11.9 Å². The van der Waals surface area contributed by atoms with Crippen LogP contribution in [0.1, 0.15) is 32.2 Å². The molecule has 0 aliphatic heterocycles. The minimum atomic E-state index is -0.529. The van der Waals surface area contributed by atoms with Crippen molar-refractivity contribution in [2.45, 2.75) is 13.2 Å². The molecule has 0 unspecified atom stereocenters. The summed E-state index contributed by atoms with van der Waals surface area (Å²) in [5, 5.41) is 0. The minimum Gasteiger partial charge on any atom is -0.459 e. The first-order valence-corrected chi connectivity index (χ1v) is 8.19. The first kappa shape index (κ1) is 18.1. The molecule has 27 heavy (non-hydrogen) atoms. The summed E-state index contributed by atoms with van der Waals surface area (Å²) >= 11 is 0. The number of carbonyl (C=O) groups excluding carboxylic acids is 2. The Morgan fingerprint density at radius 3 is 1.52 bits per heavy atom. The Hall–Kier alpha value is -3.67. The number of hydrogen-bond acceptors (Lipinski definition) is 6. The Morgan fingerprint density at radius 1 is 0.704 bits per heavy atom. The first-order valence-electron chi connectivity index (χ1n) is 8.19. The van der Waals surface area contributed by atoms with Crippen molar-refractivity contribution in [3.05, 3.63) is 106 Å². The van der Waals surface area contributed by atoms with Crippen LogP contribution in [0.5, 0.6) is 0 Å². The third kappa shape index (κ3) is 5.15. The van der Waals surface area contributed by atoms with E-state index in [9.17, 15) is 14.4 Å². The maximum absolute atomic E-state index is 11.9. The van der Waals surface area contributed by atoms with Gasteiger partial charge in [-0.25, -0.2) is 9.59 Å². The van der Waals surface area contributed by atoms with Crippen LogP contribution in [-0.2, 0) is 22.7 Å². The molecule has 3 rings (SSSR count). The van der Waals surface area contributed by atoms with Gasteiger partial charge in [-0.05, 0) is 24.3 Å². The average Bonchev–Trinajstić information content (AvgIpc) is 2.71. The standard InChI is InChI=1S/C21H16O6/c22-17-11-18(13-25-20(23)15-7-3-1-4-8-15)27-19(12-17)14-26-21(24)16-9-5-2-6-10-16/h1-12H,13-14H2. The maximum Gasteiger partial charge on any atom is 0.338 e. The number of ether oxygens (including phenoxy) is 2. The van der Waals surface area contributed by atoms with E-state index in [1.807, 2.05) is 0 Å². The Kier molecular flexibility index (Phi) is 5.79. The topological polar surface area (TPSA) is 82.8 Å². The average molecular weight is 364 g/mol. The van der Waals surface area contributed by atoms with Gasteiger partial charge < -0.3 is 13.9 Å². The van der Waals surface area contributed by atoms with E-state index in [0.717, 1.165) is 0 Å². The highest BCUT2D eigenvalue weighted by Crippen LogP contribution is 2.09. The molecule has 0 spiro atoms. The van der Waals surface area contributed by atoms with Crippen molar-refractivity contribution in [2.24, 2.45) is 0 Å². The highest BCUT2D eigenvalue weighted by Gasteiger charge is 2.11. The molecular formula is C21H16O6. The van der Waals surface area contributed by atoms with Crippen LogP contribution in [0.4, 0.5) is 0 Å². The van der Waals surface area contributed by atoms with E-state index in [-0.39, 0.29) is 30.2 Å². The molecule has 0 radical (unpaired) electrons. The first-order chi connectivity index (χ1) is 13.1. The van der Waals surface area contributed by atoms with Crippen molar-refractivity contribution < 1.29 is 23.5 Å². The van der Waals surface area contributed by atoms with Crippen LogP contribution >= 0.6 is 0 Å². The molecule has 0 bridgehead atoms. The van der Waals surface area contributed by atoms with Crippen LogP contribution < -0.4 is 5.43 Å². The predicted octanol–water partition coefficient (Wildman–Crippen LogP) is 3.35. The summed E-state index contributed by atoms with van der Waals surface area (Å²) in [5.74, 6) is -0.728. The largest absolute Gasteiger partial charge is 0.459 e. The number of rotatable bonds is 6. The van der Waals surface area contributed by atoms with Gasteiger partial charge in [-0.3, -0.25) is 4.79 Å². The Bertz CT molecular complexity index is 900. The van der Waals surface area contributed by atoms with Crippen LogP contribution in [0, 0.1) is 0 Å². The van der Waals surface area contributed by atoms with Crippen molar-refractivity contribution in [1.82, 2.24) is 0 Å². The molecule has 0 amide bonds. The Balaban J connectivity index is 1.61. The van der Waals surface area contributed by atoms with Gasteiger partial charge in [0.05, 0.1) is 11.1 Å². The van der Waals surface area contributed by atoms with E-state index < -0.39 is 11.9 Å². The maximum atomic E-state index is 11.9. The highest BCUT2D eigenvalue weighted by molar-refractivity contribution is 5.89. The summed E-state index contributed by atoms with van der Waals surface area (Å²) in [7, 11) is 0. The zero-order valence-electron chi connectivity index (χ0n) is 14.3. The summed E-state index contributed by atoms with van der Waals surface area (Å²) in [5.41, 5.74) is 0.457. The molecule has 6 heteroatoms. The van der Waals surface area contributed by atoms with Gasteiger partial charge in [0.2, 0.25) is 0 Å². The fraction of sp³-hybridized carbons (Fsp3) is 0.0952. The summed E-state index contributed by atoms with van der Waals surface area (Å²) in [6.45, 7) is -0.410. The zero-order chi connectivity index (χ0) is 19.1. The van der Waals surface area contributed by atoms with Crippen LogP contribution in [0.15, 0.2) is 82.0 Å². The SMILES string of the molecule is O=C(OCc1cc(=O)cc(COC(=O)c2ccccc2)o1)c1ccccc1. The van der Waals surface area contributed by atoms with Gasteiger partial charge in [-0.2, -0.15) is 0 Å². The second-order valence-electron chi connectivity index (χ2n) is 5.61. The normalized spacial score (nSPS) is 10.2. The van der Waals surface area contributed by atoms with E-state index in [1.54, 1.807) is 60.7 Å². The molecule has 1 aromatic heterocycles. The van der Waals surface area contributed by atoms with E-state index in [0.29, 0.717) is 11.1 Å². The summed E-state index contributed by atoms with van der Waals surface area (Å²) < 4.78 is 15.8. The van der Waals surface area contributed by atoms with Crippen LogP contribution in [-0.4, -0.2) is 11.9 Å². The lowest BCUT2D eigenvalue weighted by atomic mass is 10.2. The molecule has 0 aliphatic carbocycles. The van der Waals surface area contributed by atoms with Gasteiger partial charge >= 0.3 is 11.9 Å². The van der Waals surface area contributed by atoms with Gasteiger partial charge in [0, 0.05) is 12.1 Å². The summed E-state index contributed by atoms with van der Waals surface area (Å²) in [6, 6.07) is 19.4. The number of esters is 2. The quantitative estimate of drug-likeness (QED) is 0.624. The lowest BCUT2D eigenvalue weighted by Crippen LogP contribution is -2.10. The Labute approximate surface area is 155 Å². The summed E-state index contributed by atoms with van der Waals surface area (Å²) in [6.07, 6.45) is 0. The zero-order valence-corrected chi connectivity index (χ0v) is 14.3. The van der Waals surface area contributed by atoms with E-state index >= 15 is 0 Å². The van der Waals surface area contributed by atoms with Gasteiger partial charge in [0.15, 0.2) is 5.43 Å². The molecule has 6 nitrogen and oxygen atoms in total. The van der Waals surface area contributed by atoms with Crippen molar-refractivity contribution in [3.63, 3.8) is 0 Å². The van der Waals surface area contributed by atoms with Crippen LogP contribution in [0.3, 0.4) is 0 Å². The third-order valence-electron chi connectivity index (χ3n) is 3.58. The number of hydrogen-bond donors (Lipinski definition) is 0. The second kappa shape index (κ2) is 8.62. The van der Waals surface area contributed by atoms with E-state index in [1.165, 1.54) is 12.1 Å². The van der Waals surface area contributed by atoms with Crippen LogP contribution in [0.25, 0.3) is 0 Å². The minimum absolute atomic E-state index is 0.164. The van der Waals surface area contributed by atoms with Crippen molar-refractivity contribution in [3.8, 4) is 0 Å².